The third-order valence-electron chi connectivity index (χ3n) is 4.54. The first-order valence-corrected chi connectivity index (χ1v) is 10.4. The van der Waals surface area contributed by atoms with Crippen LogP contribution < -0.4 is 5.32 Å². The summed E-state index contributed by atoms with van der Waals surface area (Å²) >= 11 is 1.48. The summed E-state index contributed by atoms with van der Waals surface area (Å²) in [5.74, 6) is 0.643. The summed E-state index contributed by atoms with van der Waals surface area (Å²) in [6.07, 6.45) is 2.55. The maximum atomic E-state index is 12.2. The summed E-state index contributed by atoms with van der Waals surface area (Å²) < 4.78 is 23.1. The van der Waals surface area contributed by atoms with Crippen molar-refractivity contribution in [3.63, 3.8) is 0 Å². The molecular weight excluding hydrogens is 320 g/mol. The molecule has 0 bridgehead atoms. The van der Waals surface area contributed by atoms with Crippen LogP contribution in [-0.2, 0) is 9.84 Å². The molecule has 1 aromatic heterocycles. The van der Waals surface area contributed by atoms with Gasteiger partial charge >= 0.3 is 0 Å². The molecule has 0 unspecified atom stereocenters. The Hall–Kier alpha value is -0.920. The number of sulfone groups is 1. The van der Waals surface area contributed by atoms with Crippen molar-refractivity contribution in [3.8, 4) is 0 Å². The number of carbonyl (C=O) groups excluding carboxylic acids is 1. The topological polar surface area (TPSA) is 66.5 Å². The van der Waals surface area contributed by atoms with E-state index < -0.39 is 9.84 Å². The standard InChI is InChI=1S/C15H22N2O3S2/c1-11-8-14(21-9-11)15(18)16-12-2-5-17(6-3-12)13-4-7-22(19,20)10-13/h8-9,12-13H,2-7,10H2,1H3,(H,16,18)/t13-/m0/s1. The van der Waals surface area contributed by atoms with Gasteiger partial charge in [-0.25, -0.2) is 8.42 Å². The van der Waals surface area contributed by atoms with Crippen molar-refractivity contribution < 1.29 is 13.2 Å². The van der Waals surface area contributed by atoms with E-state index in [9.17, 15) is 13.2 Å². The second-order valence-electron chi connectivity index (χ2n) is 6.33. The van der Waals surface area contributed by atoms with Crippen molar-refractivity contribution >= 4 is 27.1 Å². The van der Waals surface area contributed by atoms with Gasteiger partial charge in [-0.3, -0.25) is 9.69 Å². The van der Waals surface area contributed by atoms with Gasteiger partial charge in [0.15, 0.2) is 9.84 Å². The van der Waals surface area contributed by atoms with Crippen LogP contribution in [0, 0.1) is 6.92 Å². The van der Waals surface area contributed by atoms with Crippen LogP contribution in [0.4, 0.5) is 0 Å². The Balaban J connectivity index is 1.49. The highest BCUT2D eigenvalue weighted by molar-refractivity contribution is 7.91. The second-order valence-corrected chi connectivity index (χ2v) is 9.47. The van der Waals surface area contributed by atoms with Crippen LogP contribution >= 0.6 is 11.3 Å². The molecule has 1 atom stereocenters. The zero-order valence-electron chi connectivity index (χ0n) is 12.7. The van der Waals surface area contributed by atoms with Crippen molar-refractivity contribution in [3.05, 3.63) is 21.9 Å². The Kier molecular flexibility index (Phi) is 4.56. The van der Waals surface area contributed by atoms with E-state index in [2.05, 4.69) is 10.2 Å². The summed E-state index contributed by atoms with van der Waals surface area (Å²) in [5, 5.41) is 5.09. The fourth-order valence-corrected chi connectivity index (χ4v) is 5.84. The number of hydrogen-bond donors (Lipinski definition) is 1. The third kappa shape index (κ3) is 3.70. The van der Waals surface area contributed by atoms with E-state index in [-0.39, 0.29) is 18.0 Å². The molecule has 0 aromatic carbocycles. The van der Waals surface area contributed by atoms with Gasteiger partial charge in [-0.15, -0.1) is 11.3 Å². The zero-order chi connectivity index (χ0) is 15.7. The van der Waals surface area contributed by atoms with Crippen LogP contribution in [0.3, 0.4) is 0 Å². The minimum atomic E-state index is -2.82. The summed E-state index contributed by atoms with van der Waals surface area (Å²) in [7, 11) is -2.82. The molecule has 1 aromatic rings. The predicted octanol–water partition coefficient (Wildman–Crippen LogP) is 1.44. The largest absolute Gasteiger partial charge is 0.349 e. The SMILES string of the molecule is Cc1csc(C(=O)NC2CCN([C@H]3CCS(=O)(=O)C3)CC2)c1. The van der Waals surface area contributed by atoms with Gasteiger partial charge in [-0.05, 0) is 43.2 Å². The fraction of sp³-hybridized carbons (Fsp3) is 0.667. The molecule has 7 heteroatoms. The lowest BCUT2D eigenvalue weighted by Crippen LogP contribution is -2.48. The van der Waals surface area contributed by atoms with E-state index >= 15 is 0 Å². The molecule has 0 saturated carbocycles. The first-order chi connectivity index (χ1) is 10.4. The Morgan fingerprint density at radius 1 is 1.32 bits per heavy atom. The highest BCUT2D eigenvalue weighted by Gasteiger charge is 2.34. The quantitative estimate of drug-likeness (QED) is 0.903. The number of carbonyl (C=O) groups is 1. The smallest absolute Gasteiger partial charge is 0.261 e. The van der Waals surface area contributed by atoms with E-state index in [0.717, 1.165) is 42.8 Å². The molecule has 2 aliphatic rings. The van der Waals surface area contributed by atoms with Crippen LogP contribution in [0.2, 0.25) is 0 Å². The van der Waals surface area contributed by atoms with E-state index in [1.54, 1.807) is 0 Å². The zero-order valence-corrected chi connectivity index (χ0v) is 14.4. The van der Waals surface area contributed by atoms with Crippen LogP contribution in [-0.4, -0.2) is 55.9 Å². The maximum Gasteiger partial charge on any atom is 0.261 e. The Morgan fingerprint density at radius 3 is 2.59 bits per heavy atom. The van der Waals surface area contributed by atoms with Crippen LogP contribution in [0.15, 0.2) is 11.4 Å². The molecule has 0 spiro atoms. The highest BCUT2D eigenvalue weighted by atomic mass is 32.2. The van der Waals surface area contributed by atoms with Crippen molar-refractivity contribution in [2.45, 2.75) is 38.3 Å². The summed E-state index contributed by atoms with van der Waals surface area (Å²) in [6.45, 7) is 3.73. The molecular formula is C15H22N2O3S2. The molecule has 2 aliphatic heterocycles. The first-order valence-electron chi connectivity index (χ1n) is 7.73. The minimum Gasteiger partial charge on any atom is -0.349 e. The van der Waals surface area contributed by atoms with Gasteiger partial charge < -0.3 is 5.32 Å². The molecule has 0 radical (unpaired) electrons. The number of likely N-dealkylation sites (tertiary alicyclic amines) is 1. The van der Waals surface area contributed by atoms with Crippen LogP contribution in [0.25, 0.3) is 0 Å². The molecule has 122 valence electrons. The molecule has 1 N–H and O–H groups in total. The summed E-state index contributed by atoms with van der Waals surface area (Å²) in [4.78, 5) is 15.2. The lowest BCUT2D eigenvalue weighted by molar-refractivity contribution is 0.0902. The fourth-order valence-electron chi connectivity index (χ4n) is 3.28. The summed E-state index contributed by atoms with van der Waals surface area (Å²) in [5.41, 5.74) is 1.12. The molecule has 1 amide bonds. The third-order valence-corrected chi connectivity index (χ3v) is 7.34. The van der Waals surface area contributed by atoms with Crippen LogP contribution in [0.1, 0.15) is 34.5 Å². The second kappa shape index (κ2) is 6.29. The number of nitrogens with one attached hydrogen (secondary N) is 1. The Bertz CT molecular complexity index is 645. The molecule has 3 heterocycles. The number of hydrogen-bond acceptors (Lipinski definition) is 5. The number of thiophene rings is 1. The number of aryl methyl sites for hydroxylation is 1. The van der Waals surface area contributed by atoms with E-state index in [0.29, 0.717) is 11.5 Å². The van der Waals surface area contributed by atoms with Gasteiger partial charge in [-0.2, -0.15) is 0 Å². The average Bonchev–Trinajstić information content (AvgIpc) is 3.05. The van der Waals surface area contributed by atoms with Gasteiger partial charge in [0.2, 0.25) is 0 Å². The molecule has 2 fully saturated rings. The van der Waals surface area contributed by atoms with Gasteiger partial charge in [0.1, 0.15) is 0 Å². The Labute approximate surface area is 135 Å². The van der Waals surface area contributed by atoms with Gasteiger partial charge in [0.25, 0.3) is 5.91 Å². The lowest BCUT2D eigenvalue weighted by atomic mass is 10.0. The van der Waals surface area contributed by atoms with Crippen molar-refractivity contribution in [2.75, 3.05) is 24.6 Å². The first kappa shape index (κ1) is 16.0. The van der Waals surface area contributed by atoms with E-state index in [1.165, 1.54) is 11.3 Å². The monoisotopic (exact) mass is 342 g/mol. The van der Waals surface area contributed by atoms with E-state index in [4.69, 9.17) is 0 Å². The lowest BCUT2D eigenvalue weighted by Gasteiger charge is -2.35. The molecule has 2 saturated heterocycles. The molecule has 0 aliphatic carbocycles. The Morgan fingerprint density at radius 2 is 2.05 bits per heavy atom. The number of rotatable bonds is 3. The molecule has 5 nitrogen and oxygen atoms in total. The summed E-state index contributed by atoms with van der Waals surface area (Å²) in [6, 6.07) is 2.30. The van der Waals surface area contributed by atoms with Gasteiger partial charge in [0, 0.05) is 25.2 Å². The van der Waals surface area contributed by atoms with Crippen molar-refractivity contribution in [2.24, 2.45) is 0 Å². The minimum absolute atomic E-state index is 0.0139. The number of amides is 1. The van der Waals surface area contributed by atoms with Crippen LogP contribution in [0.5, 0.6) is 0 Å². The van der Waals surface area contributed by atoms with Crippen molar-refractivity contribution in [1.29, 1.82) is 0 Å². The van der Waals surface area contributed by atoms with Crippen molar-refractivity contribution in [1.82, 2.24) is 10.2 Å². The number of piperidine rings is 1. The number of nitrogens with zero attached hydrogens (tertiary/aromatic N) is 1. The van der Waals surface area contributed by atoms with Gasteiger partial charge in [0.05, 0.1) is 16.4 Å². The predicted molar refractivity (Wildman–Crippen MR) is 88.2 cm³/mol. The molecule has 3 rings (SSSR count). The normalized spacial score (nSPS) is 26.1. The van der Waals surface area contributed by atoms with Gasteiger partial charge in [-0.1, -0.05) is 0 Å². The average molecular weight is 342 g/mol. The molecule has 22 heavy (non-hydrogen) atoms. The highest BCUT2D eigenvalue weighted by Crippen LogP contribution is 2.22. The van der Waals surface area contributed by atoms with E-state index in [1.807, 2.05) is 18.4 Å². The maximum absolute atomic E-state index is 12.2.